The molecule has 21 heavy (non-hydrogen) atoms. The largest absolute Gasteiger partial charge is 0.486 e. The summed E-state index contributed by atoms with van der Waals surface area (Å²) in [6, 6.07) is 0. The maximum Gasteiger partial charge on any atom is 0.178 e. The van der Waals surface area contributed by atoms with Crippen LogP contribution in [0.5, 0.6) is 5.75 Å². The molecule has 0 amide bonds. The molecule has 1 saturated heterocycles. The number of ketones is 1. The summed E-state index contributed by atoms with van der Waals surface area (Å²) < 4.78 is 5.95. The van der Waals surface area contributed by atoms with Gasteiger partial charge in [0.1, 0.15) is 5.00 Å². The van der Waals surface area contributed by atoms with Crippen LogP contribution in [0, 0.1) is 5.92 Å². The fraction of sp³-hybridized carbons (Fsp3) is 0.667. The van der Waals surface area contributed by atoms with E-state index in [4.69, 9.17) is 10.5 Å². The molecule has 0 unspecified atom stereocenters. The van der Waals surface area contributed by atoms with Gasteiger partial charge in [-0.3, -0.25) is 4.79 Å². The zero-order chi connectivity index (χ0) is 15.0. The lowest BCUT2D eigenvalue weighted by molar-refractivity contribution is 0.0972. The minimum absolute atomic E-state index is 0.0590. The number of Topliss-reactive ketones (excluding diaryl/α,β-unsaturated/α-hetero) is 1. The van der Waals surface area contributed by atoms with E-state index in [-0.39, 0.29) is 17.8 Å². The maximum absolute atomic E-state index is 12.4. The van der Waals surface area contributed by atoms with Crippen LogP contribution >= 0.6 is 23.1 Å². The average Bonchev–Trinajstić information content (AvgIpc) is 3.26. The van der Waals surface area contributed by atoms with Gasteiger partial charge in [0.05, 0.1) is 16.7 Å². The molecule has 116 valence electrons. The minimum Gasteiger partial charge on any atom is -0.486 e. The van der Waals surface area contributed by atoms with Crippen LogP contribution in [0.4, 0.5) is 10.7 Å². The third-order valence-corrected chi connectivity index (χ3v) is 5.91. The molecule has 2 fully saturated rings. The van der Waals surface area contributed by atoms with Gasteiger partial charge < -0.3 is 15.4 Å². The highest BCUT2D eigenvalue weighted by Crippen LogP contribution is 2.48. The molecule has 0 spiro atoms. The van der Waals surface area contributed by atoms with E-state index in [1.54, 1.807) is 0 Å². The van der Waals surface area contributed by atoms with E-state index < -0.39 is 0 Å². The topological polar surface area (TPSA) is 55.6 Å². The average molecular weight is 326 g/mol. The number of anilines is 2. The minimum atomic E-state index is 0.0590. The van der Waals surface area contributed by atoms with Gasteiger partial charge in [0.15, 0.2) is 11.5 Å². The fourth-order valence-corrected chi connectivity index (χ4v) is 4.58. The molecule has 6 heteroatoms. The van der Waals surface area contributed by atoms with Gasteiger partial charge in [-0.1, -0.05) is 0 Å². The van der Waals surface area contributed by atoms with Crippen molar-refractivity contribution in [3.8, 4) is 5.75 Å². The number of rotatable bonds is 5. The molecule has 2 N–H and O–H groups in total. The van der Waals surface area contributed by atoms with Gasteiger partial charge in [0, 0.05) is 30.5 Å². The first kappa shape index (κ1) is 15.0. The Morgan fingerprint density at radius 2 is 2.00 bits per heavy atom. The zero-order valence-corrected chi connectivity index (χ0v) is 14.2. The molecular weight excluding hydrogens is 304 g/mol. The molecule has 1 aliphatic carbocycles. The van der Waals surface area contributed by atoms with Crippen LogP contribution in [-0.2, 0) is 0 Å². The standard InChI is InChI=1S/C15H22N2O2S2/c1-9(2)19-13-11(16)14(12(18)10-3-4-10)21-15(13)17-5-7-20-8-6-17/h9-10H,3-8,16H2,1-2H3. The molecule has 0 atom stereocenters. The van der Waals surface area contributed by atoms with Gasteiger partial charge in [0.25, 0.3) is 0 Å². The van der Waals surface area contributed by atoms with E-state index in [1.165, 1.54) is 11.3 Å². The van der Waals surface area contributed by atoms with Crippen LogP contribution in [0.25, 0.3) is 0 Å². The number of carbonyl (C=O) groups excluding carboxylic acids is 1. The molecule has 1 aromatic rings. The predicted molar refractivity (Wildman–Crippen MR) is 91.1 cm³/mol. The summed E-state index contributed by atoms with van der Waals surface area (Å²) in [5.41, 5.74) is 6.81. The lowest BCUT2D eigenvalue weighted by atomic mass is 10.2. The first-order valence-electron chi connectivity index (χ1n) is 7.53. The number of thioether (sulfide) groups is 1. The van der Waals surface area contributed by atoms with Crippen molar-refractivity contribution in [3.63, 3.8) is 0 Å². The van der Waals surface area contributed by atoms with Crippen molar-refractivity contribution >= 4 is 39.6 Å². The Morgan fingerprint density at radius 1 is 1.33 bits per heavy atom. The third kappa shape index (κ3) is 3.16. The van der Waals surface area contributed by atoms with E-state index in [0.717, 1.165) is 48.2 Å². The normalized spacial score (nSPS) is 19.1. The number of ether oxygens (including phenoxy) is 1. The Labute approximate surface area is 134 Å². The Hall–Kier alpha value is -0.880. The summed E-state index contributed by atoms with van der Waals surface area (Å²) in [4.78, 5) is 15.4. The SMILES string of the molecule is CC(C)Oc1c(N2CCSCC2)sc(C(=O)C2CC2)c1N. The summed E-state index contributed by atoms with van der Waals surface area (Å²) in [5.74, 6) is 3.37. The van der Waals surface area contributed by atoms with Crippen LogP contribution in [-0.4, -0.2) is 36.5 Å². The molecule has 0 aromatic carbocycles. The Bertz CT molecular complexity index is 532. The molecule has 2 heterocycles. The lowest BCUT2D eigenvalue weighted by Gasteiger charge is -2.28. The van der Waals surface area contributed by atoms with Gasteiger partial charge in [0.2, 0.25) is 0 Å². The first-order chi connectivity index (χ1) is 10.1. The Kier molecular flexibility index (Phi) is 4.36. The zero-order valence-electron chi connectivity index (χ0n) is 12.6. The van der Waals surface area contributed by atoms with Gasteiger partial charge in [-0.25, -0.2) is 0 Å². The van der Waals surface area contributed by atoms with E-state index in [1.807, 2.05) is 25.6 Å². The third-order valence-electron chi connectivity index (χ3n) is 3.71. The molecule has 1 aromatic heterocycles. The number of nitrogen functional groups attached to an aromatic ring is 1. The number of nitrogens with two attached hydrogens (primary N) is 1. The predicted octanol–water partition coefficient (Wildman–Crippen LogP) is 3.26. The maximum atomic E-state index is 12.4. The van der Waals surface area contributed by atoms with Gasteiger partial charge in [-0.15, -0.1) is 11.3 Å². The molecular formula is C15H22N2O2S2. The van der Waals surface area contributed by atoms with E-state index >= 15 is 0 Å². The first-order valence-corrected chi connectivity index (χ1v) is 9.51. The van der Waals surface area contributed by atoms with Crippen molar-refractivity contribution in [2.45, 2.75) is 32.8 Å². The van der Waals surface area contributed by atoms with Crippen LogP contribution in [0.15, 0.2) is 0 Å². The summed E-state index contributed by atoms with van der Waals surface area (Å²) in [6.07, 6.45) is 2.07. The van der Waals surface area contributed by atoms with E-state index in [9.17, 15) is 4.79 Å². The monoisotopic (exact) mass is 326 g/mol. The lowest BCUT2D eigenvalue weighted by Crippen LogP contribution is -2.32. The highest BCUT2D eigenvalue weighted by Gasteiger charge is 2.35. The van der Waals surface area contributed by atoms with Crippen LogP contribution in [0.2, 0.25) is 0 Å². The molecule has 1 saturated carbocycles. The number of hydrogen-bond acceptors (Lipinski definition) is 6. The number of carbonyl (C=O) groups is 1. The molecule has 4 nitrogen and oxygen atoms in total. The molecule has 0 radical (unpaired) electrons. The van der Waals surface area contributed by atoms with Crippen molar-refractivity contribution in [2.24, 2.45) is 5.92 Å². The molecule has 2 aliphatic rings. The highest BCUT2D eigenvalue weighted by molar-refractivity contribution is 7.99. The van der Waals surface area contributed by atoms with Crippen molar-refractivity contribution < 1.29 is 9.53 Å². The van der Waals surface area contributed by atoms with Crippen LogP contribution in [0.1, 0.15) is 36.4 Å². The van der Waals surface area contributed by atoms with Crippen molar-refractivity contribution in [2.75, 3.05) is 35.2 Å². The van der Waals surface area contributed by atoms with Gasteiger partial charge >= 0.3 is 0 Å². The second-order valence-corrected chi connectivity index (χ2v) is 8.11. The summed E-state index contributed by atoms with van der Waals surface area (Å²) in [5, 5.41) is 1.05. The Morgan fingerprint density at radius 3 is 2.57 bits per heavy atom. The fourth-order valence-electron chi connectivity index (χ4n) is 2.45. The highest BCUT2D eigenvalue weighted by atomic mass is 32.2. The van der Waals surface area contributed by atoms with Gasteiger partial charge in [-0.2, -0.15) is 11.8 Å². The van der Waals surface area contributed by atoms with Gasteiger partial charge in [-0.05, 0) is 26.7 Å². The van der Waals surface area contributed by atoms with Crippen molar-refractivity contribution in [1.82, 2.24) is 0 Å². The van der Waals surface area contributed by atoms with Crippen molar-refractivity contribution in [1.29, 1.82) is 0 Å². The smallest absolute Gasteiger partial charge is 0.178 e. The second-order valence-electron chi connectivity index (χ2n) is 5.88. The summed E-state index contributed by atoms with van der Waals surface area (Å²) in [7, 11) is 0. The number of hydrogen-bond donors (Lipinski definition) is 1. The van der Waals surface area contributed by atoms with Crippen LogP contribution < -0.4 is 15.4 Å². The summed E-state index contributed by atoms with van der Waals surface area (Å²) in [6.45, 7) is 5.98. The molecule has 1 aliphatic heterocycles. The number of thiophene rings is 1. The number of nitrogens with zero attached hydrogens (tertiary/aromatic N) is 1. The second kappa shape index (κ2) is 6.08. The van der Waals surface area contributed by atoms with E-state index in [0.29, 0.717) is 10.6 Å². The van der Waals surface area contributed by atoms with E-state index in [2.05, 4.69) is 4.90 Å². The summed E-state index contributed by atoms with van der Waals surface area (Å²) >= 11 is 3.50. The molecule has 0 bridgehead atoms. The van der Waals surface area contributed by atoms with Crippen molar-refractivity contribution in [3.05, 3.63) is 4.88 Å². The molecule has 3 rings (SSSR count). The Balaban J connectivity index is 1.95. The quantitative estimate of drug-likeness (QED) is 0.842. The van der Waals surface area contributed by atoms with Crippen LogP contribution in [0.3, 0.4) is 0 Å².